The number of carboxylic acid groups (broad SMARTS) is 1. The average Bonchev–Trinajstić information content (AvgIpc) is 2.10. The van der Waals surface area contributed by atoms with Gasteiger partial charge in [-0.15, -0.1) is 5.10 Å². The van der Waals surface area contributed by atoms with Crippen LogP contribution in [0.2, 0.25) is 0 Å². The van der Waals surface area contributed by atoms with Crippen LogP contribution < -0.4 is 11.6 Å². The zero-order valence-corrected chi connectivity index (χ0v) is 4.85. The van der Waals surface area contributed by atoms with Gasteiger partial charge in [-0.25, -0.2) is 4.79 Å². The Bertz CT molecular complexity index is 266. The van der Waals surface area contributed by atoms with Crippen molar-refractivity contribution in [1.29, 1.82) is 0 Å². The van der Waals surface area contributed by atoms with Gasteiger partial charge in [0.15, 0.2) is 0 Å². The van der Waals surface area contributed by atoms with Crippen molar-refractivity contribution >= 4 is 11.9 Å². The summed E-state index contributed by atoms with van der Waals surface area (Å²) >= 11 is 0. The van der Waals surface area contributed by atoms with Crippen LogP contribution in [-0.2, 0) is 0 Å². The molecule has 0 aliphatic rings. The lowest BCUT2D eigenvalue weighted by Crippen LogP contribution is -2.18. The molecular weight excluding hydrogens is 138 g/mol. The third kappa shape index (κ3) is 0.835. The number of carboxylic acids is 1. The Morgan fingerprint density at radius 2 is 2.30 bits per heavy atom. The monoisotopic (exact) mass is 143 g/mol. The van der Waals surface area contributed by atoms with Gasteiger partial charge < -0.3 is 16.7 Å². The van der Waals surface area contributed by atoms with Crippen molar-refractivity contribution in [3.8, 4) is 0 Å². The molecular formula is C3H5N5O2. The summed E-state index contributed by atoms with van der Waals surface area (Å²) in [5.41, 5.74) is 5.03. The molecule has 1 rings (SSSR count). The molecule has 0 fully saturated rings. The van der Waals surface area contributed by atoms with Gasteiger partial charge in [0.25, 0.3) is 5.82 Å². The van der Waals surface area contributed by atoms with E-state index < -0.39 is 5.97 Å². The van der Waals surface area contributed by atoms with Gasteiger partial charge in [0.2, 0.25) is 5.95 Å². The third-order valence-electron chi connectivity index (χ3n) is 0.839. The number of carbonyl (C=O) groups is 1. The Hall–Kier alpha value is -1.79. The van der Waals surface area contributed by atoms with E-state index in [0.29, 0.717) is 4.79 Å². The number of nitrogens with two attached hydrogens (primary N) is 2. The van der Waals surface area contributed by atoms with E-state index in [1.807, 2.05) is 0 Å². The van der Waals surface area contributed by atoms with Crippen molar-refractivity contribution in [3.05, 3.63) is 5.82 Å². The first kappa shape index (κ1) is 6.33. The summed E-state index contributed by atoms with van der Waals surface area (Å²) in [5, 5.41) is 11.6. The number of hydrogen-bond donors (Lipinski definition) is 3. The lowest BCUT2D eigenvalue weighted by molar-refractivity contribution is 0.0679. The Labute approximate surface area is 55.2 Å². The first-order valence-corrected chi connectivity index (χ1v) is 2.32. The van der Waals surface area contributed by atoms with Gasteiger partial charge in [0.05, 0.1) is 0 Å². The van der Waals surface area contributed by atoms with Crippen molar-refractivity contribution in [3.63, 3.8) is 0 Å². The fourth-order valence-corrected chi connectivity index (χ4v) is 0.486. The van der Waals surface area contributed by atoms with Gasteiger partial charge >= 0.3 is 5.97 Å². The van der Waals surface area contributed by atoms with E-state index >= 15 is 0 Å². The topological polar surface area (TPSA) is 120 Å². The summed E-state index contributed by atoms with van der Waals surface area (Å²) in [5.74, 6) is 3.24. The highest BCUT2D eigenvalue weighted by molar-refractivity contribution is 5.83. The molecule has 0 saturated heterocycles. The van der Waals surface area contributed by atoms with E-state index in [1.54, 1.807) is 0 Å². The second-order valence-corrected chi connectivity index (χ2v) is 1.54. The zero-order chi connectivity index (χ0) is 7.72. The maximum absolute atomic E-state index is 10.2. The Morgan fingerprint density at radius 3 is 2.50 bits per heavy atom. The highest BCUT2D eigenvalue weighted by Crippen LogP contribution is 1.93. The number of nitrogen functional groups attached to an aromatic ring is 2. The predicted molar refractivity (Wildman–Crippen MR) is 31.5 cm³/mol. The number of rotatable bonds is 1. The minimum Gasteiger partial charge on any atom is -0.475 e. The van der Waals surface area contributed by atoms with Gasteiger partial charge in [-0.2, -0.15) is 9.77 Å². The van der Waals surface area contributed by atoms with Crippen LogP contribution in [-0.4, -0.2) is 25.9 Å². The van der Waals surface area contributed by atoms with E-state index in [0.717, 1.165) is 0 Å². The first-order valence-electron chi connectivity index (χ1n) is 2.32. The van der Waals surface area contributed by atoms with Crippen LogP contribution in [0, 0.1) is 0 Å². The number of aromatic nitrogens is 3. The summed E-state index contributed by atoms with van der Waals surface area (Å²) in [6, 6.07) is 0. The smallest absolute Gasteiger partial charge is 0.375 e. The van der Waals surface area contributed by atoms with E-state index in [2.05, 4.69) is 10.1 Å². The largest absolute Gasteiger partial charge is 0.475 e. The van der Waals surface area contributed by atoms with E-state index in [9.17, 15) is 4.79 Å². The molecule has 0 aliphatic carbocycles. The molecule has 1 aromatic rings. The maximum atomic E-state index is 10.2. The molecule has 0 atom stereocenters. The average molecular weight is 143 g/mol. The van der Waals surface area contributed by atoms with Crippen molar-refractivity contribution in [2.45, 2.75) is 0 Å². The van der Waals surface area contributed by atoms with Crippen LogP contribution in [0.5, 0.6) is 0 Å². The molecule has 0 unspecified atom stereocenters. The minimum atomic E-state index is -1.26. The van der Waals surface area contributed by atoms with Gasteiger partial charge in [-0.05, 0) is 0 Å². The summed E-state index contributed by atoms with van der Waals surface area (Å²) in [6.45, 7) is 0. The number of nitrogens with zero attached hydrogens (tertiary/aromatic N) is 3. The van der Waals surface area contributed by atoms with Crippen molar-refractivity contribution in [1.82, 2.24) is 14.9 Å². The minimum absolute atomic E-state index is 0.153. The summed E-state index contributed by atoms with van der Waals surface area (Å²) in [4.78, 5) is 14.1. The molecule has 0 radical (unpaired) electrons. The first-order chi connectivity index (χ1) is 4.61. The number of aromatic carboxylic acids is 1. The van der Waals surface area contributed by atoms with E-state index in [-0.39, 0.29) is 11.8 Å². The third-order valence-corrected chi connectivity index (χ3v) is 0.839. The molecule has 10 heavy (non-hydrogen) atoms. The quantitative estimate of drug-likeness (QED) is 0.402. The van der Waals surface area contributed by atoms with Crippen molar-refractivity contribution < 1.29 is 9.90 Å². The second kappa shape index (κ2) is 1.87. The van der Waals surface area contributed by atoms with Gasteiger partial charge in [0.1, 0.15) is 0 Å². The zero-order valence-electron chi connectivity index (χ0n) is 4.85. The molecule has 0 saturated carbocycles. The van der Waals surface area contributed by atoms with Crippen LogP contribution in [0.15, 0.2) is 0 Å². The van der Waals surface area contributed by atoms with Crippen LogP contribution >= 0.6 is 0 Å². The van der Waals surface area contributed by atoms with E-state index in [1.165, 1.54) is 0 Å². The molecule has 54 valence electrons. The number of hydrogen-bond acceptors (Lipinski definition) is 5. The lowest BCUT2D eigenvalue weighted by Gasteiger charge is -1.88. The Morgan fingerprint density at radius 1 is 1.70 bits per heavy atom. The fraction of sp³-hybridized carbons (Fsp3) is 0. The fourth-order valence-electron chi connectivity index (χ4n) is 0.486. The van der Waals surface area contributed by atoms with Gasteiger partial charge in [0, 0.05) is 0 Å². The normalized spacial score (nSPS) is 9.60. The van der Waals surface area contributed by atoms with Crippen LogP contribution in [0.4, 0.5) is 5.95 Å². The highest BCUT2D eigenvalue weighted by Gasteiger charge is 2.11. The Balaban J connectivity index is 3.15. The number of anilines is 1. The Kier molecular flexibility index (Phi) is 1.18. The van der Waals surface area contributed by atoms with Crippen LogP contribution in [0.1, 0.15) is 10.6 Å². The SMILES string of the molecule is Nc1nc(C(=O)O)n(N)n1. The molecule has 1 aromatic heterocycles. The molecule has 0 amide bonds. The molecule has 0 spiro atoms. The highest BCUT2D eigenvalue weighted by atomic mass is 16.4. The molecule has 0 aliphatic heterocycles. The molecule has 7 heteroatoms. The van der Waals surface area contributed by atoms with E-state index in [4.69, 9.17) is 16.7 Å². The predicted octanol–water partition coefficient (Wildman–Crippen LogP) is -1.73. The van der Waals surface area contributed by atoms with Crippen molar-refractivity contribution in [2.24, 2.45) is 0 Å². The van der Waals surface area contributed by atoms with Crippen LogP contribution in [0.25, 0.3) is 0 Å². The summed E-state index contributed by atoms with van der Waals surface area (Å²) < 4.78 is 0. The lowest BCUT2D eigenvalue weighted by atomic mass is 10.6. The van der Waals surface area contributed by atoms with Gasteiger partial charge in [-0.3, -0.25) is 0 Å². The molecule has 0 bridgehead atoms. The molecule has 0 aromatic carbocycles. The van der Waals surface area contributed by atoms with Crippen LogP contribution in [0.3, 0.4) is 0 Å². The molecule has 7 nitrogen and oxygen atoms in total. The second-order valence-electron chi connectivity index (χ2n) is 1.54. The van der Waals surface area contributed by atoms with Gasteiger partial charge in [-0.1, -0.05) is 0 Å². The maximum Gasteiger partial charge on any atom is 0.375 e. The van der Waals surface area contributed by atoms with Crippen molar-refractivity contribution in [2.75, 3.05) is 11.6 Å². The molecule has 5 N–H and O–H groups in total. The summed E-state index contributed by atoms with van der Waals surface area (Å²) in [7, 11) is 0. The summed E-state index contributed by atoms with van der Waals surface area (Å²) in [6.07, 6.45) is 0. The standard InChI is InChI=1S/C3H5N5O2/c4-3-6-1(2(9)10)8(5)7-3/h5H2,(H2,4,7)(H,9,10). The molecule has 1 heterocycles.